The molecular formula is C17H26N4O. The molecule has 1 aromatic rings. The van der Waals surface area contributed by atoms with E-state index < -0.39 is 0 Å². The van der Waals surface area contributed by atoms with Crippen LogP contribution in [0.5, 0.6) is 0 Å². The van der Waals surface area contributed by atoms with E-state index in [-0.39, 0.29) is 17.6 Å². The molecule has 4 saturated carbocycles. The SMILES string of the molecule is CC(NC(=O)NC12CC3CC(CC(C3)C1)C2)c1ccn(C)n1. The van der Waals surface area contributed by atoms with Crippen LogP contribution in [0.25, 0.3) is 0 Å². The Morgan fingerprint density at radius 2 is 1.86 bits per heavy atom. The monoisotopic (exact) mass is 302 g/mol. The van der Waals surface area contributed by atoms with Crippen molar-refractivity contribution in [3.8, 4) is 0 Å². The van der Waals surface area contributed by atoms with Gasteiger partial charge in [0.05, 0.1) is 11.7 Å². The Balaban J connectivity index is 1.40. The molecule has 4 fully saturated rings. The summed E-state index contributed by atoms with van der Waals surface area (Å²) in [5.74, 6) is 2.54. The lowest BCUT2D eigenvalue weighted by Gasteiger charge is -2.56. The molecule has 0 saturated heterocycles. The van der Waals surface area contributed by atoms with Crippen molar-refractivity contribution < 1.29 is 4.79 Å². The quantitative estimate of drug-likeness (QED) is 0.902. The van der Waals surface area contributed by atoms with E-state index in [2.05, 4.69) is 15.7 Å². The molecular weight excluding hydrogens is 276 g/mol. The maximum absolute atomic E-state index is 12.5. The number of amides is 2. The van der Waals surface area contributed by atoms with Crippen molar-refractivity contribution in [2.75, 3.05) is 0 Å². The highest BCUT2D eigenvalue weighted by atomic mass is 16.2. The molecule has 2 amide bonds. The fourth-order valence-electron chi connectivity index (χ4n) is 5.48. The number of carbonyl (C=O) groups excluding carboxylic acids is 1. The third-order valence-electron chi connectivity index (χ3n) is 5.94. The van der Waals surface area contributed by atoms with Gasteiger partial charge < -0.3 is 10.6 Å². The summed E-state index contributed by atoms with van der Waals surface area (Å²) >= 11 is 0. The maximum atomic E-state index is 12.5. The third-order valence-corrected chi connectivity index (χ3v) is 5.94. The van der Waals surface area contributed by atoms with Gasteiger partial charge in [-0.3, -0.25) is 4.68 Å². The van der Waals surface area contributed by atoms with Gasteiger partial charge in [-0.25, -0.2) is 4.79 Å². The highest BCUT2D eigenvalue weighted by molar-refractivity contribution is 5.75. The molecule has 4 aliphatic rings. The van der Waals surface area contributed by atoms with E-state index >= 15 is 0 Å². The van der Waals surface area contributed by atoms with Crippen LogP contribution in [-0.4, -0.2) is 21.4 Å². The van der Waals surface area contributed by atoms with Crippen LogP contribution < -0.4 is 10.6 Å². The average molecular weight is 302 g/mol. The molecule has 0 radical (unpaired) electrons. The zero-order chi connectivity index (χ0) is 15.3. The number of hydrogen-bond donors (Lipinski definition) is 2. The molecule has 0 aliphatic heterocycles. The van der Waals surface area contributed by atoms with Crippen molar-refractivity contribution in [2.24, 2.45) is 24.8 Å². The number of aromatic nitrogens is 2. The average Bonchev–Trinajstić information content (AvgIpc) is 2.83. The van der Waals surface area contributed by atoms with E-state index in [0.717, 1.165) is 23.4 Å². The molecule has 1 heterocycles. The van der Waals surface area contributed by atoms with Gasteiger partial charge >= 0.3 is 6.03 Å². The van der Waals surface area contributed by atoms with E-state index in [1.54, 1.807) is 4.68 Å². The van der Waals surface area contributed by atoms with Crippen LogP contribution >= 0.6 is 0 Å². The number of urea groups is 1. The van der Waals surface area contributed by atoms with Crippen molar-refractivity contribution in [3.05, 3.63) is 18.0 Å². The standard InChI is InChI=1S/C17H26N4O/c1-11(15-3-4-21(2)20-15)18-16(22)19-17-8-12-5-13(9-17)7-14(6-12)10-17/h3-4,11-14H,5-10H2,1-2H3,(H2,18,19,22). The minimum atomic E-state index is -0.0601. The van der Waals surface area contributed by atoms with Gasteiger partial charge in [-0.2, -0.15) is 5.10 Å². The molecule has 5 heteroatoms. The van der Waals surface area contributed by atoms with Crippen LogP contribution in [0.4, 0.5) is 4.79 Å². The Kier molecular flexibility index (Phi) is 3.20. The molecule has 120 valence electrons. The van der Waals surface area contributed by atoms with Crippen LogP contribution in [0.15, 0.2) is 12.3 Å². The second-order valence-corrected chi connectivity index (χ2v) is 7.93. The maximum Gasteiger partial charge on any atom is 0.315 e. The predicted octanol–water partition coefficient (Wildman–Crippen LogP) is 2.75. The molecule has 1 aromatic heterocycles. The number of carbonyl (C=O) groups is 1. The summed E-state index contributed by atoms with van der Waals surface area (Å²) in [5.41, 5.74) is 0.978. The number of nitrogens with one attached hydrogen (secondary N) is 2. The van der Waals surface area contributed by atoms with Crippen LogP contribution in [-0.2, 0) is 7.05 Å². The van der Waals surface area contributed by atoms with Gasteiger partial charge in [0, 0.05) is 18.8 Å². The first-order valence-electron chi connectivity index (χ1n) is 8.59. The third kappa shape index (κ3) is 2.50. The summed E-state index contributed by atoms with van der Waals surface area (Å²) in [6.07, 6.45) is 9.65. The number of aryl methyl sites for hydroxylation is 1. The van der Waals surface area contributed by atoms with E-state index in [4.69, 9.17) is 0 Å². The highest BCUT2D eigenvalue weighted by Crippen LogP contribution is 2.55. The summed E-state index contributed by atoms with van der Waals surface area (Å²) in [4.78, 5) is 12.5. The topological polar surface area (TPSA) is 59.0 Å². The summed E-state index contributed by atoms with van der Waals surface area (Å²) in [6.45, 7) is 1.99. The van der Waals surface area contributed by atoms with Gasteiger partial charge in [-0.05, 0) is 69.3 Å². The van der Waals surface area contributed by atoms with Gasteiger partial charge in [0.2, 0.25) is 0 Å². The summed E-state index contributed by atoms with van der Waals surface area (Å²) in [5, 5.41) is 10.8. The highest BCUT2D eigenvalue weighted by Gasteiger charge is 2.51. The molecule has 22 heavy (non-hydrogen) atoms. The number of nitrogens with zero attached hydrogens (tertiary/aromatic N) is 2. The van der Waals surface area contributed by atoms with Crippen LogP contribution in [0.2, 0.25) is 0 Å². The number of hydrogen-bond acceptors (Lipinski definition) is 2. The molecule has 1 unspecified atom stereocenters. The van der Waals surface area contributed by atoms with Gasteiger partial charge in [0.25, 0.3) is 0 Å². The van der Waals surface area contributed by atoms with Crippen molar-refractivity contribution in [1.82, 2.24) is 20.4 Å². The van der Waals surface area contributed by atoms with Gasteiger partial charge in [0.15, 0.2) is 0 Å². The van der Waals surface area contributed by atoms with E-state index in [9.17, 15) is 4.79 Å². The fourth-order valence-corrected chi connectivity index (χ4v) is 5.48. The predicted molar refractivity (Wildman–Crippen MR) is 84.2 cm³/mol. The minimum absolute atomic E-state index is 0.0277. The fraction of sp³-hybridized carbons (Fsp3) is 0.765. The minimum Gasteiger partial charge on any atom is -0.333 e. The van der Waals surface area contributed by atoms with Crippen molar-refractivity contribution >= 4 is 6.03 Å². The Labute approximate surface area is 131 Å². The van der Waals surface area contributed by atoms with Crippen molar-refractivity contribution in [1.29, 1.82) is 0 Å². The Morgan fingerprint density at radius 1 is 1.27 bits per heavy atom. The Morgan fingerprint density at radius 3 is 2.36 bits per heavy atom. The normalized spacial score (nSPS) is 37.1. The van der Waals surface area contributed by atoms with E-state index in [1.165, 1.54) is 38.5 Å². The first-order chi connectivity index (χ1) is 10.5. The van der Waals surface area contributed by atoms with Crippen LogP contribution in [0, 0.1) is 17.8 Å². The van der Waals surface area contributed by atoms with E-state index in [0.29, 0.717) is 0 Å². The lowest BCUT2D eigenvalue weighted by atomic mass is 9.53. The lowest BCUT2D eigenvalue weighted by molar-refractivity contribution is -0.0136. The van der Waals surface area contributed by atoms with Crippen molar-refractivity contribution in [3.63, 3.8) is 0 Å². The van der Waals surface area contributed by atoms with Crippen LogP contribution in [0.1, 0.15) is 57.2 Å². The smallest absolute Gasteiger partial charge is 0.315 e. The first kappa shape index (κ1) is 14.1. The molecule has 0 aromatic carbocycles. The molecule has 4 bridgehead atoms. The largest absolute Gasteiger partial charge is 0.333 e. The zero-order valence-corrected chi connectivity index (χ0v) is 13.5. The molecule has 5 rings (SSSR count). The van der Waals surface area contributed by atoms with Gasteiger partial charge in [0.1, 0.15) is 0 Å². The molecule has 4 aliphatic carbocycles. The summed E-state index contributed by atoms with van der Waals surface area (Å²) in [6, 6.07) is 1.87. The molecule has 2 N–H and O–H groups in total. The molecule has 5 nitrogen and oxygen atoms in total. The van der Waals surface area contributed by atoms with Gasteiger partial charge in [-0.1, -0.05) is 0 Å². The zero-order valence-electron chi connectivity index (χ0n) is 13.5. The van der Waals surface area contributed by atoms with Gasteiger partial charge in [-0.15, -0.1) is 0 Å². The van der Waals surface area contributed by atoms with Crippen LogP contribution in [0.3, 0.4) is 0 Å². The second-order valence-electron chi connectivity index (χ2n) is 7.93. The Bertz CT molecular complexity index is 544. The molecule has 1 atom stereocenters. The summed E-state index contributed by atoms with van der Waals surface area (Å²) in [7, 11) is 1.89. The number of rotatable bonds is 3. The van der Waals surface area contributed by atoms with Crippen molar-refractivity contribution in [2.45, 2.75) is 57.0 Å². The first-order valence-corrected chi connectivity index (χ1v) is 8.59. The Hall–Kier alpha value is -1.52. The second kappa shape index (κ2) is 5.00. The summed E-state index contributed by atoms with van der Waals surface area (Å²) < 4.78 is 1.77. The molecule has 0 spiro atoms. The van der Waals surface area contributed by atoms with E-state index in [1.807, 2.05) is 26.2 Å². The lowest BCUT2D eigenvalue weighted by Crippen LogP contribution is -2.61.